The average molecular weight is 270 g/mol. The fraction of sp³-hybridized carbons (Fsp3) is 1.00. The number of hydrogen-bond donors (Lipinski definition) is 1. The molecule has 3 nitrogen and oxygen atoms in total. The Hall–Kier alpha value is -0.120. The van der Waals surface area contributed by atoms with Gasteiger partial charge in [-0.3, -0.25) is 4.90 Å². The molecular weight excluding hydrogens is 236 g/mol. The second kappa shape index (κ2) is 8.23. The molecule has 1 aliphatic heterocycles. The number of methoxy groups -OCH3 is 1. The third-order valence-electron chi connectivity index (χ3n) is 4.68. The molecule has 1 heterocycles. The van der Waals surface area contributed by atoms with E-state index < -0.39 is 0 Å². The van der Waals surface area contributed by atoms with Gasteiger partial charge >= 0.3 is 0 Å². The van der Waals surface area contributed by atoms with Crippen LogP contribution in [0.5, 0.6) is 0 Å². The van der Waals surface area contributed by atoms with Crippen LogP contribution in [0.1, 0.15) is 53.4 Å². The fourth-order valence-corrected chi connectivity index (χ4v) is 3.37. The van der Waals surface area contributed by atoms with Crippen molar-refractivity contribution in [3.05, 3.63) is 0 Å². The maximum atomic E-state index is 5.22. The molecule has 1 atom stereocenters. The molecule has 0 aromatic heterocycles. The van der Waals surface area contributed by atoms with Crippen LogP contribution in [0.25, 0.3) is 0 Å². The van der Waals surface area contributed by atoms with Crippen molar-refractivity contribution in [3.8, 4) is 0 Å². The number of nitrogens with zero attached hydrogens (tertiary/aromatic N) is 1. The van der Waals surface area contributed by atoms with Crippen LogP contribution >= 0.6 is 0 Å². The first-order valence-corrected chi connectivity index (χ1v) is 8.05. The maximum Gasteiger partial charge on any atom is 0.0474 e. The van der Waals surface area contributed by atoms with Gasteiger partial charge in [-0.05, 0) is 31.6 Å². The first kappa shape index (κ1) is 16.9. The maximum absolute atomic E-state index is 5.22. The van der Waals surface area contributed by atoms with Gasteiger partial charge in [-0.2, -0.15) is 0 Å². The van der Waals surface area contributed by atoms with Gasteiger partial charge in [0.05, 0.1) is 0 Å². The topological polar surface area (TPSA) is 24.5 Å². The first-order valence-electron chi connectivity index (χ1n) is 8.05. The molecule has 0 aromatic rings. The highest BCUT2D eigenvalue weighted by atomic mass is 16.5. The summed E-state index contributed by atoms with van der Waals surface area (Å²) in [6.45, 7) is 13.7. The molecule has 0 aliphatic carbocycles. The minimum atomic E-state index is 0.362. The number of ether oxygens (including phenoxy) is 1. The van der Waals surface area contributed by atoms with Gasteiger partial charge in [0.2, 0.25) is 0 Å². The van der Waals surface area contributed by atoms with Crippen LogP contribution in [0.3, 0.4) is 0 Å². The Morgan fingerprint density at radius 1 is 1.32 bits per heavy atom. The predicted octanol–water partition coefficient (Wildman–Crippen LogP) is 2.90. The van der Waals surface area contributed by atoms with E-state index in [1.54, 1.807) is 7.11 Å². The molecule has 0 saturated carbocycles. The van der Waals surface area contributed by atoms with E-state index in [4.69, 9.17) is 4.74 Å². The molecule has 1 N–H and O–H groups in total. The summed E-state index contributed by atoms with van der Waals surface area (Å²) in [4.78, 5) is 2.73. The molecule has 1 unspecified atom stereocenters. The Labute approximate surface area is 120 Å². The molecule has 0 radical (unpaired) electrons. The van der Waals surface area contributed by atoms with E-state index in [0.717, 1.165) is 25.5 Å². The van der Waals surface area contributed by atoms with Gasteiger partial charge in [-0.15, -0.1) is 0 Å². The summed E-state index contributed by atoms with van der Waals surface area (Å²) in [5.74, 6) is 0.772. The third-order valence-corrected chi connectivity index (χ3v) is 4.68. The van der Waals surface area contributed by atoms with Crippen LogP contribution in [-0.2, 0) is 4.74 Å². The van der Waals surface area contributed by atoms with Gasteiger partial charge < -0.3 is 10.1 Å². The van der Waals surface area contributed by atoms with E-state index in [9.17, 15) is 0 Å². The summed E-state index contributed by atoms with van der Waals surface area (Å²) >= 11 is 0. The fourth-order valence-electron chi connectivity index (χ4n) is 3.37. The van der Waals surface area contributed by atoms with Crippen LogP contribution in [0.2, 0.25) is 0 Å². The van der Waals surface area contributed by atoms with Crippen LogP contribution in [-0.4, -0.2) is 49.8 Å². The zero-order valence-electron chi connectivity index (χ0n) is 13.7. The second-order valence-electron chi connectivity index (χ2n) is 6.43. The Balaban J connectivity index is 2.62. The molecule has 0 aromatic carbocycles. The molecule has 0 amide bonds. The van der Waals surface area contributed by atoms with E-state index in [-0.39, 0.29) is 0 Å². The van der Waals surface area contributed by atoms with E-state index in [1.807, 2.05) is 0 Å². The number of hydrogen-bond acceptors (Lipinski definition) is 3. The molecule has 1 fully saturated rings. The van der Waals surface area contributed by atoms with Gasteiger partial charge in [0.15, 0.2) is 0 Å². The van der Waals surface area contributed by atoms with Gasteiger partial charge in [-0.1, -0.05) is 27.7 Å². The third kappa shape index (κ3) is 4.73. The standard InChI is InChI=1S/C16H34N2O/c1-6-16(7-2)13-17-15(11-14(3)4)12-18(16)9-8-10-19-5/h14-15,17H,6-13H2,1-5H3. The first-order chi connectivity index (χ1) is 9.07. The highest BCUT2D eigenvalue weighted by Crippen LogP contribution is 2.28. The highest BCUT2D eigenvalue weighted by Gasteiger charge is 2.38. The van der Waals surface area contributed by atoms with Crippen molar-refractivity contribution in [1.29, 1.82) is 0 Å². The van der Waals surface area contributed by atoms with E-state index >= 15 is 0 Å². The minimum absolute atomic E-state index is 0.362. The molecule has 1 saturated heterocycles. The summed E-state index contributed by atoms with van der Waals surface area (Å²) in [6, 6.07) is 0.661. The lowest BCUT2D eigenvalue weighted by Gasteiger charge is -2.50. The number of rotatable bonds is 8. The average Bonchev–Trinajstić information content (AvgIpc) is 2.39. The SMILES string of the molecule is CCC1(CC)CNC(CC(C)C)CN1CCCOC. The van der Waals surface area contributed by atoms with Crippen LogP contribution in [0.15, 0.2) is 0 Å². The molecule has 0 bridgehead atoms. The zero-order chi connectivity index (χ0) is 14.3. The summed E-state index contributed by atoms with van der Waals surface area (Å²) in [5, 5.41) is 3.79. The molecule has 114 valence electrons. The van der Waals surface area contributed by atoms with Gasteiger partial charge in [0, 0.05) is 44.9 Å². The molecule has 19 heavy (non-hydrogen) atoms. The van der Waals surface area contributed by atoms with Gasteiger partial charge in [0.25, 0.3) is 0 Å². The van der Waals surface area contributed by atoms with E-state index in [2.05, 4.69) is 37.9 Å². The van der Waals surface area contributed by atoms with E-state index in [1.165, 1.54) is 32.4 Å². The van der Waals surface area contributed by atoms with Crippen molar-refractivity contribution >= 4 is 0 Å². The second-order valence-corrected chi connectivity index (χ2v) is 6.43. The van der Waals surface area contributed by atoms with Gasteiger partial charge in [-0.25, -0.2) is 0 Å². The van der Waals surface area contributed by atoms with Crippen molar-refractivity contribution < 1.29 is 4.74 Å². The monoisotopic (exact) mass is 270 g/mol. The molecule has 1 rings (SSSR count). The van der Waals surface area contributed by atoms with E-state index in [0.29, 0.717) is 11.6 Å². The minimum Gasteiger partial charge on any atom is -0.385 e. The van der Waals surface area contributed by atoms with Crippen molar-refractivity contribution in [2.24, 2.45) is 5.92 Å². The molecule has 3 heteroatoms. The zero-order valence-corrected chi connectivity index (χ0v) is 13.7. The molecule has 1 aliphatic rings. The highest BCUT2D eigenvalue weighted by molar-refractivity contribution is 4.97. The van der Waals surface area contributed by atoms with Crippen molar-refractivity contribution in [1.82, 2.24) is 10.2 Å². The summed E-state index contributed by atoms with van der Waals surface area (Å²) < 4.78 is 5.22. The Morgan fingerprint density at radius 2 is 2.00 bits per heavy atom. The summed E-state index contributed by atoms with van der Waals surface area (Å²) in [6.07, 6.45) is 4.90. The molecular formula is C16H34N2O. The smallest absolute Gasteiger partial charge is 0.0474 e. The Bertz CT molecular complexity index is 239. The largest absolute Gasteiger partial charge is 0.385 e. The summed E-state index contributed by atoms with van der Waals surface area (Å²) in [7, 11) is 1.80. The number of nitrogens with one attached hydrogen (secondary N) is 1. The predicted molar refractivity (Wildman–Crippen MR) is 82.6 cm³/mol. The van der Waals surface area contributed by atoms with Crippen LogP contribution in [0, 0.1) is 5.92 Å². The normalized spacial score (nSPS) is 24.0. The van der Waals surface area contributed by atoms with Crippen molar-refractivity contribution in [3.63, 3.8) is 0 Å². The van der Waals surface area contributed by atoms with Crippen LogP contribution in [0.4, 0.5) is 0 Å². The number of piperazine rings is 1. The van der Waals surface area contributed by atoms with Crippen molar-refractivity contribution in [2.45, 2.75) is 65.0 Å². The Morgan fingerprint density at radius 3 is 2.53 bits per heavy atom. The lowest BCUT2D eigenvalue weighted by atomic mass is 9.85. The summed E-state index contributed by atoms with van der Waals surface area (Å²) in [5.41, 5.74) is 0.362. The van der Waals surface area contributed by atoms with Crippen LogP contribution < -0.4 is 5.32 Å². The molecule has 0 spiro atoms. The Kier molecular flexibility index (Phi) is 7.33. The van der Waals surface area contributed by atoms with Crippen molar-refractivity contribution in [2.75, 3.05) is 33.4 Å². The lowest BCUT2D eigenvalue weighted by Crippen LogP contribution is -2.64. The lowest BCUT2D eigenvalue weighted by molar-refractivity contribution is 0.0212. The quantitative estimate of drug-likeness (QED) is 0.686. The van der Waals surface area contributed by atoms with Gasteiger partial charge in [0.1, 0.15) is 0 Å².